The molecule has 0 aromatic heterocycles. The Bertz CT molecular complexity index is 545. The van der Waals surface area contributed by atoms with Crippen molar-refractivity contribution in [2.75, 3.05) is 12.7 Å². The molecule has 0 radical (unpaired) electrons. The van der Waals surface area contributed by atoms with Crippen LogP contribution in [0.4, 0.5) is 4.79 Å². The molecule has 1 unspecified atom stereocenters. The Morgan fingerprint density at radius 1 is 1.27 bits per heavy atom. The summed E-state index contributed by atoms with van der Waals surface area (Å²) in [4.78, 5) is 40.5. The van der Waals surface area contributed by atoms with Crippen molar-refractivity contribution in [1.29, 1.82) is 0 Å². The van der Waals surface area contributed by atoms with Gasteiger partial charge in [0.25, 0.3) is 0 Å². The zero-order valence-corrected chi connectivity index (χ0v) is 13.0. The third-order valence-electron chi connectivity index (χ3n) is 2.64. The SMILES string of the molecule is CC(NC(=O)OCc1ccccc1)C(=O)NCCP(=O)(O)O. The summed E-state index contributed by atoms with van der Waals surface area (Å²) < 4.78 is 15.6. The first-order valence-corrected chi connectivity index (χ1v) is 8.37. The maximum Gasteiger partial charge on any atom is 0.408 e. The lowest BCUT2D eigenvalue weighted by atomic mass is 10.2. The molecule has 0 aliphatic rings. The fourth-order valence-electron chi connectivity index (χ4n) is 1.48. The average Bonchev–Trinajstić information content (AvgIpc) is 2.44. The van der Waals surface area contributed by atoms with Crippen LogP contribution in [0.2, 0.25) is 0 Å². The molecule has 1 aromatic carbocycles. The first-order chi connectivity index (χ1) is 10.3. The molecule has 0 fully saturated rings. The van der Waals surface area contributed by atoms with Crippen LogP contribution in [0.15, 0.2) is 30.3 Å². The van der Waals surface area contributed by atoms with Crippen LogP contribution in [0, 0.1) is 0 Å². The number of carbonyl (C=O) groups excluding carboxylic acids is 2. The fourth-order valence-corrected chi connectivity index (χ4v) is 1.89. The maximum absolute atomic E-state index is 11.6. The van der Waals surface area contributed by atoms with Crippen LogP contribution >= 0.6 is 7.60 Å². The molecule has 0 bridgehead atoms. The number of benzene rings is 1. The molecule has 8 nitrogen and oxygen atoms in total. The van der Waals surface area contributed by atoms with Crippen molar-refractivity contribution in [2.24, 2.45) is 0 Å². The van der Waals surface area contributed by atoms with Gasteiger partial charge in [-0.2, -0.15) is 0 Å². The first kappa shape index (κ1) is 18.2. The largest absolute Gasteiger partial charge is 0.445 e. The van der Waals surface area contributed by atoms with Crippen molar-refractivity contribution in [3.63, 3.8) is 0 Å². The number of ether oxygens (including phenoxy) is 1. The second-order valence-corrected chi connectivity index (χ2v) is 6.38. The van der Waals surface area contributed by atoms with E-state index in [1.54, 1.807) is 12.1 Å². The Hall–Kier alpha value is -1.89. The van der Waals surface area contributed by atoms with Crippen LogP contribution in [-0.2, 0) is 20.7 Å². The van der Waals surface area contributed by atoms with E-state index >= 15 is 0 Å². The molecule has 9 heteroatoms. The van der Waals surface area contributed by atoms with E-state index in [0.29, 0.717) is 0 Å². The van der Waals surface area contributed by atoms with Gasteiger partial charge in [0.05, 0.1) is 6.16 Å². The van der Waals surface area contributed by atoms with Crippen LogP contribution in [-0.4, -0.2) is 40.5 Å². The highest BCUT2D eigenvalue weighted by molar-refractivity contribution is 7.51. The third kappa shape index (κ3) is 7.78. The maximum atomic E-state index is 11.6. The molecule has 0 aliphatic carbocycles. The van der Waals surface area contributed by atoms with E-state index < -0.39 is 31.8 Å². The van der Waals surface area contributed by atoms with Gasteiger partial charge in [0.1, 0.15) is 12.6 Å². The number of alkyl carbamates (subject to hydrolysis) is 1. The molecule has 1 rings (SSSR count). The summed E-state index contributed by atoms with van der Waals surface area (Å²) in [6, 6.07) is 8.19. The molecular weight excluding hydrogens is 311 g/mol. The first-order valence-electron chi connectivity index (χ1n) is 6.57. The van der Waals surface area contributed by atoms with Gasteiger partial charge in [0.15, 0.2) is 0 Å². The van der Waals surface area contributed by atoms with Crippen molar-refractivity contribution >= 4 is 19.6 Å². The van der Waals surface area contributed by atoms with E-state index in [2.05, 4.69) is 10.6 Å². The van der Waals surface area contributed by atoms with E-state index in [4.69, 9.17) is 14.5 Å². The minimum absolute atomic E-state index is 0.0826. The molecule has 1 aromatic rings. The molecule has 2 amide bonds. The lowest BCUT2D eigenvalue weighted by molar-refractivity contribution is -0.122. The summed E-state index contributed by atoms with van der Waals surface area (Å²) in [5.74, 6) is -0.551. The molecule has 0 aliphatic heterocycles. The molecule has 22 heavy (non-hydrogen) atoms. The second kappa shape index (κ2) is 8.53. The zero-order valence-electron chi connectivity index (χ0n) is 12.1. The number of carbonyl (C=O) groups is 2. The van der Waals surface area contributed by atoms with Gasteiger partial charge >= 0.3 is 13.7 Å². The number of hydrogen-bond acceptors (Lipinski definition) is 4. The van der Waals surface area contributed by atoms with Gasteiger partial charge < -0.3 is 25.2 Å². The highest BCUT2D eigenvalue weighted by Crippen LogP contribution is 2.32. The molecule has 0 heterocycles. The van der Waals surface area contributed by atoms with E-state index in [0.717, 1.165) is 5.56 Å². The summed E-state index contributed by atoms with van der Waals surface area (Å²) in [6.07, 6.45) is -1.20. The van der Waals surface area contributed by atoms with Gasteiger partial charge in [-0.25, -0.2) is 4.79 Å². The van der Waals surface area contributed by atoms with E-state index in [1.807, 2.05) is 18.2 Å². The van der Waals surface area contributed by atoms with Gasteiger partial charge in [-0.15, -0.1) is 0 Å². The summed E-state index contributed by atoms with van der Waals surface area (Å²) in [7, 11) is -4.15. The topological polar surface area (TPSA) is 125 Å². The predicted molar refractivity (Wildman–Crippen MR) is 79.1 cm³/mol. The monoisotopic (exact) mass is 330 g/mol. The van der Waals surface area contributed by atoms with Crippen molar-refractivity contribution in [2.45, 2.75) is 19.6 Å². The van der Waals surface area contributed by atoms with E-state index in [-0.39, 0.29) is 13.2 Å². The van der Waals surface area contributed by atoms with Gasteiger partial charge in [-0.3, -0.25) is 9.36 Å². The Kier molecular flexibility index (Phi) is 7.04. The number of hydrogen-bond donors (Lipinski definition) is 4. The molecule has 1 atom stereocenters. The number of rotatable bonds is 7. The average molecular weight is 330 g/mol. The fraction of sp³-hybridized carbons (Fsp3) is 0.385. The van der Waals surface area contributed by atoms with E-state index in [9.17, 15) is 14.2 Å². The van der Waals surface area contributed by atoms with Crippen molar-refractivity contribution < 1.29 is 28.7 Å². The summed E-state index contributed by atoms with van der Waals surface area (Å²) in [6.45, 7) is 1.35. The molecule has 122 valence electrons. The van der Waals surface area contributed by atoms with E-state index in [1.165, 1.54) is 6.92 Å². The van der Waals surface area contributed by atoms with Gasteiger partial charge in [0, 0.05) is 6.54 Å². The summed E-state index contributed by atoms with van der Waals surface area (Å²) in [5.41, 5.74) is 0.816. The number of amides is 2. The van der Waals surface area contributed by atoms with Gasteiger partial charge in [0.2, 0.25) is 5.91 Å². The highest BCUT2D eigenvalue weighted by Gasteiger charge is 2.18. The Morgan fingerprint density at radius 3 is 2.50 bits per heavy atom. The Labute approximate surface area is 128 Å². The van der Waals surface area contributed by atoms with Crippen LogP contribution < -0.4 is 10.6 Å². The van der Waals surface area contributed by atoms with Crippen LogP contribution in [0.3, 0.4) is 0 Å². The lowest BCUT2D eigenvalue weighted by Crippen LogP contribution is -2.45. The van der Waals surface area contributed by atoms with Crippen molar-refractivity contribution in [3.05, 3.63) is 35.9 Å². The third-order valence-corrected chi connectivity index (χ3v) is 3.45. The smallest absolute Gasteiger partial charge is 0.408 e. The lowest BCUT2D eigenvalue weighted by Gasteiger charge is -2.14. The quantitative estimate of drug-likeness (QED) is 0.543. The minimum Gasteiger partial charge on any atom is -0.445 e. The molecule has 4 N–H and O–H groups in total. The minimum atomic E-state index is -4.15. The molecule has 0 spiro atoms. The van der Waals surface area contributed by atoms with Crippen molar-refractivity contribution in [1.82, 2.24) is 10.6 Å². The summed E-state index contributed by atoms with van der Waals surface area (Å²) >= 11 is 0. The van der Waals surface area contributed by atoms with Crippen LogP contribution in [0.25, 0.3) is 0 Å². The summed E-state index contributed by atoms with van der Waals surface area (Å²) in [5, 5.41) is 4.65. The Morgan fingerprint density at radius 2 is 1.91 bits per heavy atom. The normalized spacial score (nSPS) is 12.3. The van der Waals surface area contributed by atoms with Gasteiger partial charge in [-0.05, 0) is 12.5 Å². The van der Waals surface area contributed by atoms with Crippen LogP contribution in [0.1, 0.15) is 12.5 Å². The molecule has 0 saturated heterocycles. The zero-order chi connectivity index (χ0) is 16.6. The van der Waals surface area contributed by atoms with Gasteiger partial charge in [-0.1, -0.05) is 30.3 Å². The second-order valence-electron chi connectivity index (χ2n) is 4.61. The van der Waals surface area contributed by atoms with Crippen LogP contribution in [0.5, 0.6) is 0 Å². The van der Waals surface area contributed by atoms with Crippen molar-refractivity contribution in [3.8, 4) is 0 Å². The molecule has 0 saturated carbocycles. The highest BCUT2D eigenvalue weighted by atomic mass is 31.2. The Balaban J connectivity index is 2.28. The molecular formula is C13H19N2O6P. The standard InChI is InChI=1S/C13H19N2O6P/c1-10(12(16)14-7-8-22(18,19)20)15-13(17)21-9-11-5-3-2-4-6-11/h2-6,10H,7-9H2,1H3,(H,14,16)(H,15,17)(H2,18,19,20). The predicted octanol–water partition coefficient (Wildman–Crippen LogP) is 0.595. The number of nitrogens with one attached hydrogen (secondary N) is 2.